The maximum atomic E-state index is 5.31. The van der Waals surface area contributed by atoms with Crippen molar-refractivity contribution in [3.05, 3.63) is 59.7 Å². The van der Waals surface area contributed by atoms with Gasteiger partial charge in [-0.25, -0.2) is 5.10 Å². The number of ether oxygens (including phenoxy) is 1. The summed E-state index contributed by atoms with van der Waals surface area (Å²) in [6, 6.07) is 16.0. The third-order valence-electron chi connectivity index (χ3n) is 3.44. The van der Waals surface area contributed by atoms with Gasteiger partial charge in [0.2, 0.25) is 11.1 Å². The molecule has 0 saturated heterocycles. The molecule has 0 aliphatic rings. The highest BCUT2D eigenvalue weighted by Crippen LogP contribution is 2.27. The summed E-state index contributed by atoms with van der Waals surface area (Å²) in [6.07, 6.45) is 0. The van der Waals surface area contributed by atoms with Crippen LogP contribution >= 0.6 is 11.8 Å². The number of rotatable bonds is 6. The molecular formula is C17H18N4OS. The Morgan fingerprint density at radius 1 is 1.13 bits per heavy atom. The van der Waals surface area contributed by atoms with Crippen molar-refractivity contribution in [2.75, 3.05) is 12.4 Å². The van der Waals surface area contributed by atoms with E-state index in [9.17, 15) is 0 Å². The Morgan fingerprint density at radius 3 is 2.74 bits per heavy atom. The van der Waals surface area contributed by atoms with E-state index in [2.05, 4.69) is 45.6 Å². The van der Waals surface area contributed by atoms with Crippen LogP contribution in [0.2, 0.25) is 0 Å². The quantitative estimate of drug-likeness (QED) is 0.666. The molecule has 5 nitrogen and oxygen atoms in total. The fraction of sp³-hybridized carbons (Fsp3) is 0.176. The van der Waals surface area contributed by atoms with Crippen molar-refractivity contribution in [3.8, 4) is 5.75 Å². The molecule has 0 bridgehead atoms. The van der Waals surface area contributed by atoms with E-state index in [1.807, 2.05) is 30.3 Å². The number of hydrogen-bond donors (Lipinski definition) is 2. The Hall–Kier alpha value is -2.47. The number of methoxy groups -OCH3 is 1. The first-order valence-electron chi connectivity index (χ1n) is 7.26. The lowest BCUT2D eigenvalue weighted by atomic mass is 10.1. The highest BCUT2D eigenvalue weighted by atomic mass is 32.2. The highest BCUT2D eigenvalue weighted by molar-refractivity contribution is 7.98. The van der Waals surface area contributed by atoms with Crippen molar-refractivity contribution >= 4 is 23.4 Å². The number of nitrogens with zero attached hydrogens (tertiary/aromatic N) is 2. The summed E-state index contributed by atoms with van der Waals surface area (Å²) in [5.41, 5.74) is 3.42. The molecule has 1 heterocycles. The zero-order valence-corrected chi connectivity index (χ0v) is 13.9. The molecular weight excluding hydrogens is 308 g/mol. The number of para-hydroxylation sites is 2. The van der Waals surface area contributed by atoms with Gasteiger partial charge >= 0.3 is 0 Å². The van der Waals surface area contributed by atoms with Crippen LogP contribution in [0.25, 0.3) is 0 Å². The first-order valence-corrected chi connectivity index (χ1v) is 8.24. The Bertz CT molecular complexity index is 788. The number of hydrogen-bond acceptors (Lipinski definition) is 5. The van der Waals surface area contributed by atoms with Gasteiger partial charge in [0, 0.05) is 5.75 Å². The van der Waals surface area contributed by atoms with Gasteiger partial charge in [0.25, 0.3) is 0 Å². The highest BCUT2D eigenvalue weighted by Gasteiger charge is 2.08. The van der Waals surface area contributed by atoms with Crippen molar-refractivity contribution < 1.29 is 4.74 Å². The topological polar surface area (TPSA) is 62.8 Å². The van der Waals surface area contributed by atoms with Gasteiger partial charge in [-0.15, -0.1) is 5.10 Å². The lowest BCUT2D eigenvalue weighted by Gasteiger charge is -2.07. The molecule has 0 aliphatic heterocycles. The summed E-state index contributed by atoms with van der Waals surface area (Å²) < 4.78 is 5.31. The van der Waals surface area contributed by atoms with Crippen LogP contribution in [0, 0.1) is 6.92 Å². The number of benzene rings is 2. The van der Waals surface area contributed by atoms with E-state index < -0.39 is 0 Å². The summed E-state index contributed by atoms with van der Waals surface area (Å²) in [5.74, 6) is 2.21. The molecule has 6 heteroatoms. The van der Waals surface area contributed by atoms with E-state index in [1.165, 1.54) is 11.1 Å². The fourth-order valence-corrected chi connectivity index (χ4v) is 3.03. The van der Waals surface area contributed by atoms with Gasteiger partial charge in [0.1, 0.15) is 5.75 Å². The SMILES string of the molecule is COc1ccccc1Nc1nc(SCc2ccccc2C)n[nH]1. The third-order valence-corrected chi connectivity index (χ3v) is 4.34. The summed E-state index contributed by atoms with van der Waals surface area (Å²) in [5, 5.41) is 11.0. The normalized spacial score (nSPS) is 10.5. The van der Waals surface area contributed by atoms with E-state index in [0.717, 1.165) is 17.2 Å². The Balaban J connectivity index is 1.65. The smallest absolute Gasteiger partial charge is 0.224 e. The van der Waals surface area contributed by atoms with Gasteiger partial charge in [0.05, 0.1) is 12.8 Å². The van der Waals surface area contributed by atoms with Crippen LogP contribution in [-0.4, -0.2) is 22.3 Å². The number of aromatic nitrogens is 3. The van der Waals surface area contributed by atoms with Crippen LogP contribution in [0.3, 0.4) is 0 Å². The average molecular weight is 326 g/mol. The number of anilines is 2. The molecule has 23 heavy (non-hydrogen) atoms. The molecule has 0 fully saturated rings. The lowest BCUT2D eigenvalue weighted by molar-refractivity contribution is 0.417. The minimum Gasteiger partial charge on any atom is -0.495 e. The number of aryl methyl sites for hydroxylation is 1. The first-order chi connectivity index (χ1) is 11.3. The molecule has 2 aromatic carbocycles. The van der Waals surface area contributed by atoms with Crippen LogP contribution in [0.5, 0.6) is 5.75 Å². The molecule has 0 aliphatic carbocycles. The van der Waals surface area contributed by atoms with Crippen molar-refractivity contribution in [3.63, 3.8) is 0 Å². The molecule has 0 atom stereocenters. The van der Waals surface area contributed by atoms with Crippen LogP contribution in [0.15, 0.2) is 53.7 Å². The van der Waals surface area contributed by atoms with Gasteiger partial charge in [-0.1, -0.05) is 48.2 Å². The second-order valence-electron chi connectivity index (χ2n) is 5.01. The zero-order valence-electron chi connectivity index (χ0n) is 13.0. The molecule has 0 saturated carbocycles. The molecule has 118 valence electrons. The minimum absolute atomic E-state index is 0.599. The van der Waals surface area contributed by atoms with Crippen LogP contribution in [0.4, 0.5) is 11.6 Å². The second-order valence-corrected chi connectivity index (χ2v) is 5.95. The van der Waals surface area contributed by atoms with Gasteiger partial charge in [-0.3, -0.25) is 0 Å². The van der Waals surface area contributed by atoms with Crippen molar-refractivity contribution in [1.29, 1.82) is 0 Å². The van der Waals surface area contributed by atoms with Gasteiger partial charge in [-0.05, 0) is 30.2 Å². The second kappa shape index (κ2) is 7.19. The van der Waals surface area contributed by atoms with Crippen molar-refractivity contribution in [1.82, 2.24) is 15.2 Å². The number of thioether (sulfide) groups is 1. The number of H-pyrrole nitrogens is 1. The molecule has 1 aromatic heterocycles. The molecule has 0 radical (unpaired) electrons. The molecule has 0 amide bonds. The summed E-state index contributed by atoms with van der Waals surface area (Å²) in [6.45, 7) is 2.11. The van der Waals surface area contributed by atoms with Crippen LogP contribution in [0.1, 0.15) is 11.1 Å². The van der Waals surface area contributed by atoms with Gasteiger partial charge in [0.15, 0.2) is 0 Å². The van der Waals surface area contributed by atoms with Crippen LogP contribution < -0.4 is 10.1 Å². The lowest BCUT2D eigenvalue weighted by Crippen LogP contribution is -1.95. The monoisotopic (exact) mass is 326 g/mol. The van der Waals surface area contributed by atoms with Crippen molar-refractivity contribution in [2.45, 2.75) is 17.8 Å². The maximum absolute atomic E-state index is 5.31. The predicted octanol–water partition coefficient (Wildman–Crippen LogP) is 4.16. The standard InChI is InChI=1S/C17H18N4OS/c1-12-7-3-4-8-13(12)11-23-17-19-16(20-21-17)18-14-9-5-6-10-15(14)22-2/h3-10H,11H2,1-2H3,(H2,18,19,20,21). The summed E-state index contributed by atoms with van der Waals surface area (Å²) >= 11 is 1.60. The van der Waals surface area contributed by atoms with E-state index >= 15 is 0 Å². The van der Waals surface area contributed by atoms with Gasteiger partial charge in [-0.2, -0.15) is 4.98 Å². The molecule has 0 spiro atoms. The van der Waals surface area contributed by atoms with E-state index in [0.29, 0.717) is 11.1 Å². The van der Waals surface area contributed by atoms with Crippen molar-refractivity contribution in [2.24, 2.45) is 0 Å². The molecule has 3 aromatic rings. The van der Waals surface area contributed by atoms with Crippen LogP contribution in [-0.2, 0) is 5.75 Å². The minimum atomic E-state index is 0.599. The largest absolute Gasteiger partial charge is 0.495 e. The Kier molecular flexibility index (Phi) is 4.83. The number of nitrogens with one attached hydrogen (secondary N) is 2. The fourth-order valence-electron chi connectivity index (χ4n) is 2.16. The first kappa shape index (κ1) is 15.4. The van der Waals surface area contributed by atoms with Gasteiger partial charge < -0.3 is 10.1 Å². The Labute approximate surface area is 139 Å². The average Bonchev–Trinajstić information content (AvgIpc) is 3.02. The molecule has 2 N–H and O–H groups in total. The van der Waals surface area contributed by atoms with E-state index in [1.54, 1.807) is 18.9 Å². The third kappa shape index (κ3) is 3.84. The zero-order chi connectivity index (χ0) is 16.1. The van der Waals surface area contributed by atoms with E-state index in [4.69, 9.17) is 4.74 Å². The summed E-state index contributed by atoms with van der Waals surface area (Å²) in [4.78, 5) is 4.46. The van der Waals surface area contributed by atoms with E-state index in [-0.39, 0.29) is 0 Å². The molecule has 0 unspecified atom stereocenters. The number of aromatic amines is 1. The summed E-state index contributed by atoms with van der Waals surface area (Å²) in [7, 11) is 1.64. The Morgan fingerprint density at radius 2 is 1.91 bits per heavy atom. The predicted molar refractivity (Wildman–Crippen MR) is 93.4 cm³/mol. The maximum Gasteiger partial charge on any atom is 0.224 e. The molecule has 3 rings (SSSR count).